The molecule has 0 radical (unpaired) electrons. The van der Waals surface area contributed by atoms with Crippen molar-refractivity contribution in [3.63, 3.8) is 0 Å². The van der Waals surface area contributed by atoms with Gasteiger partial charge in [0.25, 0.3) is 0 Å². The maximum absolute atomic E-state index is 12.9. The number of thioether (sulfide) groups is 1. The molecule has 22 heavy (non-hydrogen) atoms. The van der Waals surface area contributed by atoms with E-state index in [0.717, 1.165) is 13.0 Å². The van der Waals surface area contributed by atoms with Crippen LogP contribution in [0.3, 0.4) is 0 Å². The number of likely N-dealkylation sites (tertiary alicyclic amines) is 1. The van der Waals surface area contributed by atoms with Gasteiger partial charge in [-0.1, -0.05) is 20.8 Å². The first-order valence-electron chi connectivity index (χ1n) is 8.10. The fourth-order valence-electron chi connectivity index (χ4n) is 3.26. The standard InChI is InChI=1S/C16H29N3O2S/c1-11-5-12(7-17)8-18(11)15(21)13-9-22-10-19(13)14(20)6-16(2,3)4/h11-13H,5-10,17H2,1-4H3. The van der Waals surface area contributed by atoms with Crippen molar-refractivity contribution in [2.75, 3.05) is 24.7 Å². The molecule has 2 amide bonds. The van der Waals surface area contributed by atoms with E-state index in [2.05, 4.69) is 27.7 Å². The average Bonchev–Trinajstić information content (AvgIpc) is 3.02. The van der Waals surface area contributed by atoms with E-state index in [-0.39, 0.29) is 29.3 Å². The monoisotopic (exact) mass is 327 g/mol. The van der Waals surface area contributed by atoms with E-state index in [1.165, 1.54) is 0 Å². The van der Waals surface area contributed by atoms with Gasteiger partial charge in [-0.25, -0.2) is 0 Å². The van der Waals surface area contributed by atoms with Gasteiger partial charge in [0.2, 0.25) is 11.8 Å². The van der Waals surface area contributed by atoms with Gasteiger partial charge in [0.1, 0.15) is 6.04 Å². The van der Waals surface area contributed by atoms with Gasteiger partial charge in [0.05, 0.1) is 5.88 Å². The molecule has 2 aliphatic rings. The topological polar surface area (TPSA) is 66.6 Å². The largest absolute Gasteiger partial charge is 0.338 e. The second kappa shape index (κ2) is 6.79. The van der Waals surface area contributed by atoms with Gasteiger partial charge in [-0.15, -0.1) is 11.8 Å². The Kier molecular flexibility index (Phi) is 5.43. The Morgan fingerprint density at radius 2 is 1.95 bits per heavy atom. The van der Waals surface area contributed by atoms with Crippen molar-refractivity contribution in [2.45, 2.75) is 52.6 Å². The van der Waals surface area contributed by atoms with Crippen LogP contribution in [0.15, 0.2) is 0 Å². The zero-order valence-electron chi connectivity index (χ0n) is 14.2. The minimum absolute atomic E-state index is 0.0521. The summed E-state index contributed by atoms with van der Waals surface area (Å²) < 4.78 is 0. The number of carbonyl (C=O) groups is 2. The van der Waals surface area contributed by atoms with E-state index in [0.29, 0.717) is 30.5 Å². The molecule has 5 nitrogen and oxygen atoms in total. The lowest BCUT2D eigenvalue weighted by atomic mass is 9.91. The summed E-state index contributed by atoms with van der Waals surface area (Å²) in [5, 5.41) is 0. The van der Waals surface area contributed by atoms with Gasteiger partial charge in [-0.3, -0.25) is 9.59 Å². The first-order valence-corrected chi connectivity index (χ1v) is 9.26. The van der Waals surface area contributed by atoms with Crippen LogP contribution in [0.2, 0.25) is 0 Å². The molecule has 2 rings (SSSR count). The van der Waals surface area contributed by atoms with Gasteiger partial charge in [0.15, 0.2) is 0 Å². The zero-order valence-corrected chi connectivity index (χ0v) is 15.0. The smallest absolute Gasteiger partial charge is 0.246 e. The molecule has 2 heterocycles. The van der Waals surface area contributed by atoms with Crippen molar-refractivity contribution in [2.24, 2.45) is 17.1 Å². The molecule has 126 valence electrons. The van der Waals surface area contributed by atoms with Crippen molar-refractivity contribution in [3.8, 4) is 0 Å². The molecular weight excluding hydrogens is 298 g/mol. The Morgan fingerprint density at radius 3 is 2.50 bits per heavy atom. The van der Waals surface area contributed by atoms with E-state index >= 15 is 0 Å². The number of nitrogens with two attached hydrogens (primary N) is 1. The van der Waals surface area contributed by atoms with Crippen molar-refractivity contribution in [1.82, 2.24) is 9.80 Å². The summed E-state index contributed by atoms with van der Waals surface area (Å²) in [6, 6.07) is -0.0648. The van der Waals surface area contributed by atoms with Crippen LogP contribution in [0, 0.1) is 11.3 Å². The lowest BCUT2D eigenvalue weighted by Gasteiger charge is -2.31. The maximum Gasteiger partial charge on any atom is 0.246 e. The van der Waals surface area contributed by atoms with E-state index in [1.54, 1.807) is 16.7 Å². The van der Waals surface area contributed by atoms with E-state index in [1.807, 2.05) is 4.90 Å². The number of nitrogens with zero attached hydrogens (tertiary/aromatic N) is 2. The van der Waals surface area contributed by atoms with Crippen molar-refractivity contribution >= 4 is 23.6 Å². The van der Waals surface area contributed by atoms with Crippen LogP contribution in [0.5, 0.6) is 0 Å². The third kappa shape index (κ3) is 3.96. The number of hydrogen-bond acceptors (Lipinski definition) is 4. The van der Waals surface area contributed by atoms with Crippen molar-refractivity contribution in [3.05, 3.63) is 0 Å². The van der Waals surface area contributed by atoms with Gasteiger partial charge in [-0.05, 0) is 31.2 Å². The van der Waals surface area contributed by atoms with Gasteiger partial charge < -0.3 is 15.5 Å². The molecule has 2 fully saturated rings. The SMILES string of the molecule is CC1CC(CN)CN1C(=O)C1CSCN1C(=O)CC(C)(C)C. The highest BCUT2D eigenvalue weighted by Gasteiger charge is 2.41. The predicted octanol–water partition coefficient (Wildman–Crippen LogP) is 1.52. The second-order valence-corrected chi connectivity index (χ2v) is 8.79. The Morgan fingerprint density at radius 1 is 1.27 bits per heavy atom. The van der Waals surface area contributed by atoms with E-state index in [4.69, 9.17) is 5.73 Å². The first-order chi connectivity index (χ1) is 10.2. The molecular formula is C16H29N3O2S. The highest BCUT2D eigenvalue weighted by atomic mass is 32.2. The normalized spacial score (nSPS) is 29.2. The van der Waals surface area contributed by atoms with Gasteiger partial charge in [0, 0.05) is 24.8 Å². The summed E-state index contributed by atoms with van der Waals surface area (Å²) >= 11 is 1.67. The van der Waals surface area contributed by atoms with Crippen LogP contribution in [0.4, 0.5) is 0 Å². The summed E-state index contributed by atoms with van der Waals surface area (Å²) in [6.07, 6.45) is 1.45. The van der Waals surface area contributed by atoms with Crippen LogP contribution in [-0.4, -0.2) is 58.4 Å². The van der Waals surface area contributed by atoms with E-state index < -0.39 is 0 Å². The Balaban J connectivity index is 2.04. The van der Waals surface area contributed by atoms with Crippen LogP contribution >= 0.6 is 11.8 Å². The van der Waals surface area contributed by atoms with Crippen LogP contribution in [-0.2, 0) is 9.59 Å². The molecule has 0 bridgehead atoms. The van der Waals surface area contributed by atoms with Crippen LogP contribution < -0.4 is 5.73 Å². The molecule has 0 aromatic rings. The maximum atomic E-state index is 12.9. The van der Waals surface area contributed by atoms with Crippen LogP contribution in [0.25, 0.3) is 0 Å². The molecule has 2 aliphatic heterocycles. The number of rotatable bonds is 3. The molecule has 6 heteroatoms. The lowest BCUT2D eigenvalue weighted by molar-refractivity contribution is -0.144. The molecule has 0 spiro atoms. The zero-order chi connectivity index (χ0) is 16.5. The number of amides is 2. The Bertz CT molecular complexity index is 436. The molecule has 3 atom stereocenters. The average molecular weight is 327 g/mol. The molecule has 0 aromatic heterocycles. The predicted molar refractivity (Wildman–Crippen MR) is 90.4 cm³/mol. The summed E-state index contributed by atoms with van der Waals surface area (Å²) in [4.78, 5) is 29.1. The minimum atomic E-state index is -0.293. The molecule has 3 unspecified atom stereocenters. The third-order valence-electron chi connectivity index (χ3n) is 4.45. The molecule has 2 saturated heterocycles. The highest BCUT2D eigenvalue weighted by Crippen LogP contribution is 2.30. The highest BCUT2D eigenvalue weighted by molar-refractivity contribution is 7.99. The molecule has 2 N–H and O–H groups in total. The van der Waals surface area contributed by atoms with Gasteiger partial charge >= 0.3 is 0 Å². The van der Waals surface area contributed by atoms with Gasteiger partial charge in [-0.2, -0.15) is 0 Å². The Labute approximate surface area is 138 Å². The molecule has 0 aromatic carbocycles. The third-order valence-corrected chi connectivity index (χ3v) is 5.46. The summed E-state index contributed by atoms with van der Waals surface area (Å²) in [7, 11) is 0. The lowest BCUT2D eigenvalue weighted by Crippen LogP contribution is -2.50. The molecule has 0 saturated carbocycles. The van der Waals surface area contributed by atoms with E-state index in [9.17, 15) is 9.59 Å². The number of hydrogen-bond donors (Lipinski definition) is 1. The van der Waals surface area contributed by atoms with Crippen LogP contribution in [0.1, 0.15) is 40.5 Å². The van der Waals surface area contributed by atoms with Crippen molar-refractivity contribution in [1.29, 1.82) is 0 Å². The fourth-order valence-corrected chi connectivity index (χ4v) is 4.43. The summed E-state index contributed by atoms with van der Waals surface area (Å²) in [6.45, 7) is 9.61. The first kappa shape index (κ1) is 17.6. The Hall–Kier alpha value is -0.750. The summed E-state index contributed by atoms with van der Waals surface area (Å²) in [5.41, 5.74) is 5.70. The summed E-state index contributed by atoms with van der Waals surface area (Å²) in [5.74, 6) is 1.94. The molecule has 0 aliphatic carbocycles. The quantitative estimate of drug-likeness (QED) is 0.853. The minimum Gasteiger partial charge on any atom is -0.338 e. The fraction of sp³-hybridized carbons (Fsp3) is 0.875. The number of carbonyl (C=O) groups excluding carboxylic acids is 2. The van der Waals surface area contributed by atoms with Crippen molar-refractivity contribution < 1.29 is 9.59 Å². The second-order valence-electron chi connectivity index (χ2n) is 7.79.